The standard InChI is InChI=1S/C17H24BrN3O2/c1-3-22-16-10-14(15(18)11-17(16)23-4-2)12-19-6-5-8-21-9-7-20-13-21/h7,9-11,13,19H,3-6,8,12H2,1-2H3. The number of hydrogen-bond donors (Lipinski definition) is 1. The third kappa shape index (κ3) is 5.55. The summed E-state index contributed by atoms with van der Waals surface area (Å²) >= 11 is 3.62. The van der Waals surface area contributed by atoms with Crippen molar-refractivity contribution >= 4 is 15.9 Å². The van der Waals surface area contributed by atoms with Crippen LogP contribution in [0.1, 0.15) is 25.8 Å². The van der Waals surface area contributed by atoms with Crippen LogP contribution in [-0.2, 0) is 13.1 Å². The molecule has 0 aliphatic carbocycles. The number of ether oxygens (including phenoxy) is 2. The van der Waals surface area contributed by atoms with Crippen LogP contribution in [0.3, 0.4) is 0 Å². The largest absolute Gasteiger partial charge is 0.490 e. The number of rotatable bonds is 10. The van der Waals surface area contributed by atoms with Gasteiger partial charge in [-0.3, -0.25) is 0 Å². The van der Waals surface area contributed by atoms with E-state index in [2.05, 4.69) is 30.8 Å². The molecule has 1 aromatic carbocycles. The van der Waals surface area contributed by atoms with Crippen LogP contribution >= 0.6 is 15.9 Å². The molecule has 0 saturated carbocycles. The molecule has 5 nitrogen and oxygen atoms in total. The number of nitrogens with one attached hydrogen (secondary N) is 1. The summed E-state index contributed by atoms with van der Waals surface area (Å²) in [4.78, 5) is 4.04. The zero-order valence-electron chi connectivity index (χ0n) is 13.7. The van der Waals surface area contributed by atoms with Crippen LogP contribution in [0, 0.1) is 0 Å². The van der Waals surface area contributed by atoms with Crippen LogP contribution in [0.4, 0.5) is 0 Å². The first-order valence-corrected chi connectivity index (χ1v) is 8.78. The number of nitrogens with zero attached hydrogens (tertiary/aromatic N) is 2. The van der Waals surface area contributed by atoms with E-state index in [1.165, 1.54) is 5.56 Å². The highest BCUT2D eigenvalue weighted by molar-refractivity contribution is 9.10. The average Bonchev–Trinajstić information content (AvgIpc) is 3.04. The van der Waals surface area contributed by atoms with E-state index in [1.54, 1.807) is 6.20 Å². The zero-order chi connectivity index (χ0) is 16.5. The second-order valence-corrected chi connectivity index (χ2v) is 5.94. The summed E-state index contributed by atoms with van der Waals surface area (Å²) in [6.45, 7) is 7.91. The lowest BCUT2D eigenvalue weighted by Crippen LogP contribution is -2.16. The van der Waals surface area contributed by atoms with Gasteiger partial charge in [0.25, 0.3) is 0 Å². The lowest BCUT2D eigenvalue weighted by atomic mass is 10.2. The van der Waals surface area contributed by atoms with Crippen LogP contribution in [0.15, 0.2) is 35.3 Å². The van der Waals surface area contributed by atoms with Gasteiger partial charge < -0.3 is 19.4 Å². The molecule has 0 bridgehead atoms. The molecule has 1 N–H and O–H groups in total. The number of hydrogen-bond acceptors (Lipinski definition) is 4. The first kappa shape index (κ1) is 17.8. The highest BCUT2D eigenvalue weighted by Crippen LogP contribution is 2.33. The number of aryl methyl sites for hydroxylation is 1. The van der Waals surface area contributed by atoms with E-state index in [0.29, 0.717) is 13.2 Å². The van der Waals surface area contributed by atoms with E-state index in [0.717, 1.165) is 42.0 Å². The van der Waals surface area contributed by atoms with Crippen molar-refractivity contribution in [3.63, 3.8) is 0 Å². The van der Waals surface area contributed by atoms with Gasteiger partial charge in [0.15, 0.2) is 11.5 Å². The summed E-state index contributed by atoms with van der Waals surface area (Å²) < 4.78 is 14.4. The lowest BCUT2D eigenvalue weighted by Gasteiger charge is -2.14. The Kier molecular flexibility index (Phi) is 7.42. The summed E-state index contributed by atoms with van der Waals surface area (Å²) in [7, 11) is 0. The van der Waals surface area contributed by atoms with Crippen molar-refractivity contribution in [1.82, 2.24) is 14.9 Å². The Hall–Kier alpha value is -1.53. The minimum Gasteiger partial charge on any atom is -0.490 e. The Morgan fingerprint density at radius 2 is 1.91 bits per heavy atom. The van der Waals surface area contributed by atoms with Crippen molar-refractivity contribution in [2.24, 2.45) is 0 Å². The van der Waals surface area contributed by atoms with Gasteiger partial charge in [0.1, 0.15) is 0 Å². The molecule has 0 saturated heterocycles. The van der Waals surface area contributed by atoms with Gasteiger partial charge in [-0.25, -0.2) is 4.98 Å². The Bertz CT molecular complexity index is 588. The fraction of sp³-hybridized carbons (Fsp3) is 0.471. The first-order chi connectivity index (χ1) is 11.2. The highest BCUT2D eigenvalue weighted by atomic mass is 79.9. The highest BCUT2D eigenvalue weighted by Gasteiger charge is 2.10. The second kappa shape index (κ2) is 9.57. The number of benzene rings is 1. The van der Waals surface area contributed by atoms with Gasteiger partial charge in [-0.15, -0.1) is 0 Å². The van der Waals surface area contributed by atoms with Gasteiger partial charge in [-0.1, -0.05) is 15.9 Å². The Labute approximate surface area is 146 Å². The maximum absolute atomic E-state index is 5.68. The first-order valence-electron chi connectivity index (χ1n) is 7.99. The van der Waals surface area contributed by atoms with E-state index >= 15 is 0 Å². The summed E-state index contributed by atoms with van der Waals surface area (Å²) in [5.41, 5.74) is 1.17. The summed E-state index contributed by atoms with van der Waals surface area (Å²) in [6.07, 6.45) is 6.69. The van der Waals surface area contributed by atoms with Gasteiger partial charge in [-0.2, -0.15) is 0 Å². The van der Waals surface area contributed by atoms with Gasteiger partial charge >= 0.3 is 0 Å². The fourth-order valence-electron chi connectivity index (χ4n) is 2.28. The number of halogens is 1. The molecule has 0 atom stereocenters. The smallest absolute Gasteiger partial charge is 0.162 e. The predicted molar refractivity (Wildman–Crippen MR) is 95.0 cm³/mol. The van der Waals surface area contributed by atoms with Gasteiger partial charge in [-0.05, 0) is 44.5 Å². The van der Waals surface area contributed by atoms with Crippen molar-refractivity contribution in [2.75, 3.05) is 19.8 Å². The monoisotopic (exact) mass is 381 g/mol. The van der Waals surface area contributed by atoms with Crippen LogP contribution < -0.4 is 14.8 Å². The van der Waals surface area contributed by atoms with E-state index in [1.807, 2.05) is 38.5 Å². The van der Waals surface area contributed by atoms with Crippen molar-refractivity contribution in [3.05, 3.63) is 40.9 Å². The fourth-order valence-corrected chi connectivity index (χ4v) is 2.74. The molecule has 2 aromatic rings. The minimum atomic E-state index is 0.623. The van der Waals surface area contributed by atoms with Crippen LogP contribution in [0.2, 0.25) is 0 Å². The van der Waals surface area contributed by atoms with Gasteiger partial charge in [0, 0.05) is 30.0 Å². The summed E-state index contributed by atoms with van der Waals surface area (Å²) in [6, 6.07) is 4.03. The average molecular weight is 382 g/mol. The molecule has 126 valence electrons. The number of aromatic nitrogens is 2. The maximum atomic E-state index is 5.68. The van der Waals surface area contributed by atoms with Crippen LogP contribution in [-0.4, -0.2) is 29.3 Å². The van der Waals surface area contributed by atoms with Crippen molar-refractivity contribution < 1.29 is 9.47 Å². The van der Waals surface area contributed by atoms with Crippen molar-refractivity contribution in [1.29, 1.82) is 0 Å². The SMILES string of the molecule is CCOc1cc(Br)c(CNCCCn2ccnc2)cc1OCC. The number of imidazole rings is 1. The Morgan fingerprint density at radius 3 is 2.57 bits per heavy atom. The predicted octanol–water partition coefficient (Wildman–Crippen LogP) is 3.62. The van der Waals surface area contributed by atoms with Gasteiger partial charge in [0.05, 0.1) is 19.5 Å². The molecule has 2 rings (SSSR count). The molecule has 0 aliphatic heterocycles. The van der Waals surface area contributed by atoms with E-state index < -0.39 is 0 Å². The molecule has 6 heteroatoms. The van der Waals surface area contributed by atoms with Gasteiger partial charge in [0.2, 0.25) is 0 Å². The van der Waals surface area contributed by atoms with Crippen LogP contribution in [0.5, 0.6) is 11.5 Å². The molecule has 23 heavy (non-hydrogen) atoms. The third-order valence-electron chi connectivity index (χ3n) is 3.36. The molecular weight excluding hydrogens is 358 g/mol. The molecule has 0 fully saturated rings. The summed E-state index contributed by atoms with van der Waals surface area (Å²) in [5.74, 6) is 1.58. The molecule has 0 aliphatic rings. The molecule has 0 spiro atoms. The van der Waals surface area contributed by atoms with E-state index in [4.69, 9.17) is 9.47 Å². The third-order valence-corrected chi connectivity index (χ3v) is 4.10. The molecule has 1 aromatic heterocycles. The molecular formula is C17H24BrN3O2. The molecule has 0 radical (unpaired) electrons. The topological polar surface area (TPSA) is 48.3 Å². The quantitative estimate of drug-likeness (QED) is 0.638. The Morgan fingerprint density at radius 1 is 1.17 bits per heavy atom. The second-order valence-electron chi connectivity index (χ2n) is 5.09. The molecule has 1 heterocycles. The molecule has 0 unspecified atom stereocenters. The van der Waals surface area contributed by atoms with E-state index in [-0.39, 0.29) is 0 Å². The summed E-state index contributed by atoms with van der Waals surface area (Å²) in [5, 5.41) is 3.47. The Balaban J connectivity index is 1.87. The maximum Gasteiger partial charge on any atom is 0.162 e. The lowest BCUT2D eigenvalue weighted by molar-refractivity contribution is 0.287. The van der Waals surface area contributed by atoms with Crippen LogP contribution in [0.25, 0.3) is 0 Å². The zero-order valence-corrected chi connectivity index (χ0v) is 15.3. The minimum absolute atomic E-state index is 0.623. The molecule has 0 amide bonds. The van der Waals surface area contributed by atoms with Crippen molar-refractivity contribution in [3.8, 4) is 11.5 Å². The van der Waals surface area contributed by atoms with Crippen molar-refractivity contribution in [2.45, 2.75) is 33.4 Å². The van der Waals surface area contributed by atoms with E-state index in [9.17, 15) is 0 Å². The normalized spacial score (nSPS) is 10.7.